The van der Waals surface area contributed by atoms with Gasteiger partial charge in [-0.3, -0.25) is 9.78 Å². The number of aromatic nitrogens is 2. The van der Waals surface area contributed by atoms with Crippen LogP contribution in [0.25, 0.3) is 0 Å². The molecule has 6 nitrogen and oxygen atoms in total. The minimum atomic E-state index is -0.267. The highest BCUT2D eigenvalue weighted by Crippen LogP contribution is 2.31. The minimum absolute atomic E-state index is 0.0503. The van der Waals surface area contributed by atoms with E-state index in [4.69, 9.17) is 9.15 Å². The number of carbonyl (C=O) groups excluding carboxylic acids is 1. The number of carbonyl (C=O) groups is 1. The molecular formula is C22H22FN3O3. The SMILES string of the molecule is O=C(COc1cccnc1)N1CCCCC1c1ncc(Cc2ccc(F)cc2)o1. The van der Waals surface area contributed by atoms with Crippen LogP contribution in [0.5, 0.6) is 5.75 Å². The number of nitrogens with zero attached hydrogens (tertiary/aromatic N) is 3. The first-order chi connectivity index (χ1) is 14.2. The number of amides is 1. The summed E-state index contributed by atoms with van der Waals surface area (Å²) in [6.07, 6.45) is 8.19. The number of piperidine rings is 1. The molecule has 1 aliphatic rings. The summed E-state index contributed by atoms with van der Waals surface area (Å²) in [6, 6.07) is 9.64. The first-order valence-electron chi connectivity index (χ1n) is 9.70. The molecule has 150 valence electrons. The molecule has 0 spiro atoms. The number of hydrogen-bond donors (Lipinski definition) is 0. The standard InChI is InChI=1S/C22H22FN3O3/c23-17-8-6-16(7-9-17)12-19-14-25-22(29-19)20-5-1-2-11-26(20)21(27)15-28-18-4-3-10-24-13-18/h3-4,6-10,13-14,20H,1-2,5,11-12,15H2. The average Bonchev–Trinajstić information content (AvgIpc) is 3.23. The molecule has 1 fully saturated rings. The fourth-order valence-corrected chi connectivity index (χ4v) is 3.51. The van der Waals surface area contributed by atoms with E-state index >= 15 is 0 Å². The molecular weight excluding hydrogens is 373 g/mol. The van der Waals surface area contributed by atoms with Gasteiger partial charge in [0.2, 0.25) is 5.89 Å². The molecule has 1 amide bonds. The smallest absolute Gasteiger partial charge is 0.261 e. The molecule has 0 radical (unpaired) electrons. The molecule has 4 rings (SSSR count). The van der Waals surface area contributed by atoms with Crippen LogP contribution in [0.1, 0.15) is 42.5 Å². The summed E-state index contributed by atoms with van der Waals surface area (Å²) in [7, 11) is 0. The van der Waals surface area contributed by atoms with E-state index in [9.17, 15) is 9.18 Å². The van der Waals surface area contributed by atoms with Crippen LogP contribution in [0, 0.1) is 5.82 Å². The quantitative estimate of drug-likeness (QED) is 0.633. The monoisotopic (exact) mass is 395 g/mol. The molecule has 3 heterocycles. The number of oxazole rings is 1. The second-order valence-electron chi connectivity index (χ2n) is 7.04. The lowest BCUT2D eigenvalue weighted by Crippen LogP contribution is -2.41. The molecule has 7 heteroatoms. The Labute approximate surface area is 168 Å². The maximum Gasteiger partial charge on any atom is 0.261 e. The predicted octanol–water partition coefficient (Wildman–Crippen LogP) is 3.93. The van der Waals surface area contributed by atoms with Crippen LogP contribution < -0.4 is 4.74 Å². The maximum absolute atomic E-state index is 13.1. The van der Waals surface area contributed by atoms with Gasteiger partial charge in [0.15, 0.2) is 6.61 Å². The largest absolute Gasteiger partial charge is 0.482 e. The second-order valence-corrected chi connectivity index (χ2v) is 7.04. The molecule has 0 bridgehead atoms. The number of likely N-dealkylation sites (tertiary alicyclic amines) is 1. The van der Waals surface area contributed by atoms with E-state index in [2.05, 4.69) is 9.97 Å². The normalized spacial score (nSPS) is 16.6. The Morgan fingerprint density at radius 1 is 1.21 bits per heavy atom. The highest BCUT2D eigenvalue weighted by molar-refractivity contribution is 5.78. The first kappa shape index (κ1) is 19.1. The Hall–Kier alpha value is -3.22. The van der Waals surface area contributed by atoms with E-state index in [0.29, 0.717) is 30.4 Å². The van der Waals surface area contributed by atoms with Gasteiger partial charge in [0.05, 0.1) is 12.4 Å². The minimum Gasteiger partial charge on any atom is -0.482 e. The Kier molecular flexibility index (Phi) is 5.84. The third kappa shape index (κ3) is 4.80. The second kappa shape index (κ2) is 8.86. The summed E-state index contributed by atoms with van der Waals surface area (Å²) >= 11 is 0. The van der Waals surface area contributed by atoms with E-state index in [1.54, 1.807) is 47.8 Å². The van der Waals surface area contributed by atoms with Crippen molar-refractivity contribution >= 4 is 5.91 Å². The predicted molar refractivity (Wildman–Crippen MR) is 104 cm³/mol. The van der Waals surface area contributed by atoms with Crippen molar-refractivity contribution in [2.75, 3.05) is 13.2 Å². The number of pyridine rings is 1. The first-order valence-corrected chi connectivity index (χ1v) is 9.70. The van der Waals surface area contributed by atoms with Crippen molar-refractivity contribution in [3.05, 3.63) is 78.0 Å². The van der Waals surface area contributed by atoms with E-state index in [0.717, 1.165) is 24.8 Å². The molecule has 1 aliphatic heterocycles. The van der Waals surface area contributed by atoms with Crippen molar-refractivity contribution in [1.82, 2.24) is 14.9 Å². The fourth-order valence-electron chi connectivity index (χ4n) is 3.51. The van der Waals surface area contributed by atoms with Gasteiger partial charge in [-0.05, 0) is 49.1 Å². The zero-order chi connectivity index (χ0) is 20.1. The highest BCUT2D eigenvalue weighted by Gasteiger charge is 2.31. The third-order valence-corrected chi connectivity index (χ3v) is 4.97. The zero-order valence-electron chi connectivity index (χ0n) is 16.0. The van der Waals surface area contributed by atoms with Crippen LogP contribution in [0.3, 0.4) is 0 Å². The molecule has 1 saturated heterocycles. The lowest BCUT2D eigenvalue weighted by Gasteiger charge is -2.33. The molecule has 1 atom stereocenters. The van der Waals surface area contributed by atoms with Crippen molar-refractivity contribution in [2.45, 2.75) is 31.7 Å². The summed E-state index contributed by atoms with van der Waals surface area (Å²) in [5, 5.41) is 0. The molecule has 3 aromatic rings. The summed E-state index contributed by atoms with van der Waals surface area (Å²) in [6.45, 7) is 0.598. The number of ether oxygens (including phenoxy) is 1. The Bertz CT molecular complexity index is 943. The fraction of sp³-hybridized carbons (Fsp3) is 0.318. The van der Waals surface area contributed by atoms with Gasteiger partial charge in [0, 0.05) is 19.2 Å². The van der Waals surface area contributed by atoms with Crippen molar-refractivity contribution in [3.8, 4) is 5.75 Å². The summed E-state index contributed by atoms with van der Waals surface area (Å²) in [4.78, 5) is 22.9. The Balaban J connectivity index is 1.42. The van der Waals surface area contributed by atoms with Gasteiger partial charge in [-0.25, -0.2) is 9.37 Å². The Morgan fingerprint density at radius 2 is 2.07 bits per heavy atom. The number of hydrogen-bond acceptors (Lipinski definition) is 5. The van der Waals surface area contributed by atoms with Crippen LogP contribution >= 0.6 is 0 Å². The van der Waals surface area contributed by atoms with Crippen LogP contribution in [-0.4, -0.2) is 33.9 Å². The number of benzene rings is 1. The van der Waals surface area contributed by atoms with Gasteiger partial charge in [-0.1, -0.05) is 12.1 Å². The number of halogens is 1. The van der Waals surface area contributed by atoms with E-state index < -0.39 is 0 Å². The van der Waals surface area contributed by atoms with Crippen LogP contribution in [0.15, 0.2) is 59.4 Å². The van der Waals surface area contributed by atoms with Crippen molar-refractivity contribution < 1.29 is 18.3 Å². The lowest BCUT2D eigenvalue weighted by atomic mass is 10.0. The molecule has 0 aliphatic carbocycles. The van der Waals surface area contributed by atoms with Gasteiger partial charge < -0.3 is 14.1 Å². The van der Waals surface area contributed by atoms with Gasteiger partial charge in [-0.2, -0.15) is 0 Å². The van der Waals surface area contributed by atoms with Gasteiger partial charge >= 0.3 is 0 Å². The molecule has 1 aromatic carbocycles. The summed E-state index contributed by atoms with van der Waals surface area (Å²) in [5.74, 6) is 1.42. The molecule has 29 heavy (non-hydrogen) atoms. The van der Waals surface area contributed by atoms with Crippen molar-refractivity contribution in [3.63, 3.8) is 0 Å². The lowest BCUT2D eigenvalue weighted by molar-refractivity contribution is -0.137. The van der Waals surface area contributed by atoms with E-state index in [-0.39, 0.29) is 24.4 Å². The average molecular weight is 395 g/mol. The topological polar surface area (TPSA) is 68.5 Å². The molecule has 1 unspecified atom stereocenters. The Morgan fingerprint density at radius 3 is 2.86 bits per heavy atom. The van der Waals surface area contributed by atoms with Crippen LogP contribution in [-0.2, 0) is 11.2 Å². The van der Waals surface area contributed by atoms with Gasteiger partial charge in [0.1, 0.15) is 23.4 Å². The highest BCUT2D eigenvalue weighted by atomic mass is 19.1. The van der Waals surface area contributed by atoms with Gasteiger partial charge in [-0.15, -0.1) is 0 Å². The summed E-state index contributed by atoms with van der Waals surface area (Å²) < 4.78 is 24.6. The molecule has 0 saturated carbocycles. The maximum atomic E-state index is 13.1. The molecule has 2 aromatic heterocycles. The third-order valence-electron chi connectivity index (χ3n) is 4.97. The van der Waals surface area contributed by atoms with Gasteiger partial charge in [0.25, 0.3) is 5.91 Å². The van der Waals surface area contributed by atoms with E-state index in [1.807, 2.05) is 0 Å². The zero-order valence-corrected chi connectivity index (χ0v) is 16.0. The van der Waals surface area contributed by atoms with Crippen molar-refractivity contribution in [2.24, 2.45) is 0 Å². The van der Waals surface area contributed by atoms with Crippen molar-refractivity contribution in [1.29, 1.82) is 0 Å². The number of rotatable bonds is 6. The molecule has 0 N–H and O–H groups in total. The summed E-state index contributed by atoms with van der Waals surface area (Å²) in [5.41, 5.74) is 0.940. The van der Waals surface area contributed by atoms with Crippen LogP contribution in [0.2, 0.25) is 0 Å². The van der Waals surface area contributed by atoms with Crippen LogP contribution in [0.4, 0.5) is 4.39 Å². The van der Waals surface area contributed by atoms with E-state index in [1.165, 1.54) is 12.1 Å².